The van der Waals surface area contributed by atoms with Crippen LogP contribution >= 0.6 is 0 Å². The van der Waals surface area contributed by atoms with Gasteiger partial charge in [0, 0.05) is 25.8 Å². The Morgan fingerprint density at radius 3 is 2.31 bits per heavy atom. The van der Waals surface area contributed by atoms with Crippen molar-refractivity contribution in [2.24, 2.45) is 5.92 Å². The van der Waals surface area contributed by atoms with Gasteiger partial charge in [0.25, 0.3) is 11.7 Å². The van der Waals surface area contributed by atoms with Gasteiger partial charge in [-0.3, -0.25) is 9.59 Å². The topological polar surface area (TPSA) is 76.1 Å². The largest absolute Gasteiger partial charge is 0.507 e. The summed E-state index contributed by atoms with van der Waals surface area (Å²) < 4.78 is 11.0. The van der Waals surface area contributed by atoms with E-state index < -0.39 is 17.7 Å². The summed E-state index contributed by atoms with van der Waals surface area (Å²) in [4.78, 5) is 27.9. The fourth-order valence-electron chi connectivity index (χ4n) is 4.40. The maximum absolute atomic E-state index is 13.3. The van der Waals surface area contributed by atoms with Gasteiger partial charge in [0.05, 0.1) is 18.2 Å². The van der Waals surface area contributed by atoms with Crippen LogP contribution in [-0.4, -0.2) is 48.6 Å². The molecule has 2 aromatic carbocycles. The summed E-state index contributed by atoms with van der Waals surface area (Å²) in [5.41, 5.74) is 3.29. The standard InChI is InChI=1S/C30H39NO5/c1-19(2)18-36-23-13-14-24(20(3)17-23)27(32)25-26(21-9-11-22(12-10-21)30(4,5)6)31(15-8-16-35-7)29(34)28(25)33/h9-14,17,19,26,32H,8,15-16,18H2,1-7H3/t26-/m0/s1. The fraction of sp³-hybridized carbons (Fsp3) is 0.467. The van der Waals surface area contributed by atoms with Crippen LogP contribution in [0.2, 0.25) is 0 Å². The van der Waals surface area contributed by atoms with E-state index in [1.165, 1.54) is 0 Å². The smallest absolute Gasteiger partial charge is 0.295 e. The van der Waals surface area contributed by atoms with Crippen molar-refractivity contribution in [1.82, 2.24) is 4.90 Å². The lowest BCUT2D eigenvalue weighted by atomic mass is 9.85. The van der Waals surface area contributed by atoms with Crippen molar-refractivity contribution in [2.75, 3.05) is 26.9 Å². The quantitative estimate of drug-likeness (QED) is 0.207. The normalized spacial score (nSPS) is 17.8. The zero-order valence-electron chi connectivity index (χ0n) is 22.6. The number of aryl methyl sites for hydroxylation is 1. The van der Waals surface area contributed by atoms with E-state index in [0.29, 0.717) is 43.4 Å². The number of aliphatic hydroxyl groups excluding tert-OH is 1. The van der Waals surface area contributed by atoms with Gasteiger partial charge in [-0.15, -0.1) is 0 Å². The lowest BCUT2D eigenvalue weighted by molar-refractivity contribution is -0.140. The van der Waals surface area contributed by atoms with Crippen molar-refractivity contribution in [2.45, 2.75) is 59.4 Å². The molecule has 1 aliphatic heterocycles. The van der Waals surface area contributed by atoms with Crippen molar-refractivity contribution in [3.8, 4) is 5.75 Å². The van der Waals surface area contributed by atoms with Crippen molar-refractivity contribution in [3.05, 3.63) is 70.3 Å². The average molecular weight is 494 g/mol. The number of carbonyl (C=O) groups is 2. The number of hydrogen-bond acceptors (Lipinski definition) is 5. The number of likely N-dealkylation sites (tertiary alicyclic amines) is 1. The molecule has 1 aliphatic rings. The third-order valence-electron chi connectivity index (χ3n) is 6.42. The maximum Gasteiger partial charge on any atom is 0.295 e. The third kappa shape index (κ3) is 5.98. The number of Topliss-reactive ketones (excluding diaryl/α,β-unsaturated/α-hetero) is 1. The predicted octanol–water partition coefficient (Wildman–Crippen LogP) is 5.79. The molecule has 1 fully saturated rings. The molecule has 0 radical (unpaired) electrons. The van der Waals surface area contributed by atoms with Crippen LogP contribution in [0.25, 0.3) is 5.76 Å². The van der Waals surface area contributed by atoms with Crippen LogP contribution < -0.4 is 4.74 Å². The van der Waals surface area contributed by atoms with E-state index in [2.05, 4.69) is 34.6 Å². The van der Waals surface area contributed by atoms with E-state index >= 15 is 0 Å². The van der Waals surface area contributed by atoms with Gasteiger partial charge in [-0.1, -0.05) is 58.9 Å². The number of carbonyl (C=O) groups excluding carboxylic acids is 2. The number of benzene rings is 2. The summed E-state index contributed by atoms with van der Waals surface area (Å²) in [7, 11) is 1.61. The Kier molecular flexibility index (Phi) is 8.62. The molecule has 1 heterocycles. The number of nitrogens with zero attached hydrogens (tertiary/aromatic N) is 1. The number of ether oxygens (including phenoxy) is 2. The Balaban J connectivity index is 2.08. The molecule has 1 N–H and O–H groups in total. The highest BCUT2D eigenvalue weighted by Gasteiger charge is 2.46. The molecule has 36 heavy (non-hydrogen) atoms. The van der Waals surface area contributed by atoms with Gasteiger partial charge in [0.1, 0.15) is 11.5 Å². The van der Waals surface area contributed by atoms with Crippen LogP contribution in [0, 0.1) is 12.8 Å². The van der Waals surface area contributed by atoms with Gasteiger partial charge in [-0.2, -0.15) is 0 Å². The lowest BCUT2D eigenvalue weighted by Crippen LogP contribution is -2.31. The van der Waals surface area contributed by atoms with Crippen LogP contribution in [0.15, 0.2) is 48.0 Å². The molecule has 2 aromatic rings. The Hall–Kier alpha value is -3.12. The molecule has 6 heteroatoms. The van der Waals surface area contributed by atoms with Crippen LogP contribution in [0.3, 0.4) is 0 Å². The van der Waals surface area contributed by atoms with Crippen LogP contribution in [0.4, 0.5) is 0 Å². The van der Waals surface area contributed by atoms with Crippen molar-refractivity contribution < 1.29 is 24.2 Å². The highest BCUT2D eigenvalue weighted by atomic mass is 16.5. The lowest BCUT2D eigenvalue weighted by Gasteiger charge is -2.26. The van der Waals surface area contributed by atoms with Gasteiger partial charge in [0.2, 0.25) is 0 Å². The molecule has 0 saturated carbocycles. The molecule has 0 unspecified atom stereocenters. The van der Waals surface area contributed by atoms with Crippen molar-refractivity contribution >= 4 is 17.4 Å². The number of hydrogen-bond donors (Lipinski definition) is 1. The molecule has 0 aromatic heterocycles. The Bertz CT molecular complexity index is 1130. The number of rotatable bonds is 9. The first-order valence-electron chi connectivity index (χ1n) is 12.6. The summed E-state index contributed by atoms with van der Waals surface area (Å²) in [5.74, 6) is -0.355. The highest BCUT2D eigenvalue weighted by molar-refractivity contribution is 6.46. The van der Waals surface area contributed by atoms with Gasteiger partial charge in [-0.05, 0) is 59.6 Å². The van der Waals surface area contributed by atoms with Crippen LogP contribution in [0.5, 0.6) is 5.75 Å². The molecule has 0 spiro atoms. The zero-order valence-corrected chi connectivity index (χ0v) is 22.6. The van der Waals surface area contributed by atoms with E-state index in [1.807, 2.05) is 37.3 Å². The zero-order chi connectivity index (χ0) is 26.6. The molecule has 1 atom stereocenters. The molecule has 1 saturated heterocycles. The second-order valence-corrected chi connectivity index (χ2v) is 10.9. The summed E-state index contributed by atoms with van der Waals surface area (Å²) >= 11 is 0. The first-order valence-corrected chi connectivity index (χ1v) is 12.6. The molecule has 0 bridgehead atoms. The van der Waals surface area contributed by atoms with E-state index in [1.54, 1.807) is 24.1 Å². The summed E-state index contributed by atoms with van der Waals surface area (Å²) in [5, 5.41) is 11.4. The summed E-state index contributed by atoms with van der Waals surface area (Å²) in [6.07, 6.45) is 0.584. The summed E-state index contributed by atoms with van der Waals surface area (Å²) in [6.45, 7) is 13.8. The van der Waals surface area contributed by atoms with Gasteiger partial charge < -0.3 is 19.5 Å². The van der Waals surface area contributed by atoms with Gasteiger partial charge >= 0.3 is 0 Å². The molecule has 3 rings (SSSR count). The summed E-state index contributed by atoms with van der Waals surface area (Å²) in [6, 6.07) is 12.6. The Labute approximate surface area is 214 Å². The van der Waals surface area contributed by atoms with E-state index in [4.69, 9.17) is 9.47 Å². The average Bonchev–Trinajstić information content (AvgIpc) is 3.07. The second-order valence-electron chi connectivity index (χ2n) is 10.9. The fourth-order valence-corrected chi connectivity index (χ4v) is 4.40. The Morgan fingerprint density at radius 2 is 1.75 bits per heavy atom. The van der Waals surface area contributed by atoms with Crippen LogP contribution in [-0.2, 0) is 19.7 Å². The molecular formula is C30H39NO5. The third-order valence-corrected chi connectivity index (χ3v) is 6.42. The van der Waals surface area contributed by atoms with Gasteiger partial charge in [0.15, 0.2) is 0 Å². The first kappa shape index (κ1) is 27.5. The number of aliphatic hydroxyl groups is 1. The number of methoxy groups -OCH3 is 1. The predicted molar refractivity (Wildman–Crippen MR) is 142 cm³/mol. The van der Waals surface area contributed by atoms with Crippen LogP contribution in [0.1, 0.15) is 69.3 Å². The molecular weight excluding hydrogens is 454 g/mol. The van der Waals surface area contributed by atoms with E-state index in [9.17, 15) is 14.7 Å². The van der Waals surface area contributed by atoms with Gasteiger partial charge in [-0.25, -0.2) is 0 Å². The number of amides is 1. The maximum atomic E-state index is 13.3. The Morgan fingerprint density at radius 1 is 1.08 bits per heavy atom. The SMILES string of the molecule is COCCCN1C(=O)C(=O)C(=C(O)c2ccc(OCC(C)C)cc2C)[C@@H]1c1ccc(C(C)(C)C)cc1. The number of ketones is 1. The van der Waals surface area contributed by atoms with E-state index in [0.717, 1.165) is 16.7 Å². The first-order chi connectivity index (χ1) is 17.0. The minimum absolute atomic E-state index is 0.0324. The molecule has 0 aliphatic carbocycles. The van der Waals surface area contributed by atoms with E-state index in [-0.39, 0.29) is 16.7 Å². The minimum atomic E-state index is -0.674. The van der Waals surface area contributed by atoms with Crippen molar-refractivity contribution in [3.63, 3.8) is 0 Å². The second kappa shape index (κ2) is 11.3. The highest BCUT2D eigenvalue weighted by Crippen LogP contribution is 2.40. The minimum Gasteiger partial charge on any atom is -0.507 e. The molecule has 6 nitrogen and oxygen atoms in total. The van der Waals surface area contributed by atoms with Crippen molar-refractivity contribution in [1.29, 1.82) is 0 Å². The molecule has 1 amide bonds. The molecule has 194 valence electrons. The monoisotopic (exact) mass is 493 g/mol.